The van der Waals surface area contributed by atoms with Gasteiger partial charge < -0.3 is 49.2 Å². The molecule has 6 aromatic rings. The van der Waals surface area contributed by atoms with Gasteiger partial charge in [-0.1, -0.05) is 45.9 Å². The van der Waals surface area contributed by atoms with Crippen molar-refractivity contribution in [3.63, 3.8) is 0 Å². The topological polar surface area (TPSA) is 202 Å². The van der Waals surface area contributed by atoms with Crippen LogP contribution in [0, 0.1) is 11.8 Å². The molecular weight excluding hydrogens is 829 g/mol. The van der Waals surface area contributed by atoms with Gasteiger partial charge in [0.1, 0.15) is 29.5 Å². The van der Waals surface area contributed by atoms with Gasteiger partial charge in [-0.2, -0.15) is 0 Å². The molecule has 2 saturated heterocycles. The molecule has 7 heterocycles. The maximum atomic E-state index is 13.8. The molecular formula is C48H54N10O7. The predicted octanol–water partition coefficient (Wildman–Crippen LogP) is 7.51. The predicted molar refractivity (Wildman–Crippen MR) is 241 cm³/mol. The van der Waals surface area contributed by atoms with Crippen molar-refractivity contribution in [3.8, 4) is 39.5 Å². The summed E-state index contributed by atoms with van der Waals surface area (Å²) in [5.41, 5.74) is 7.20. The van der Waals surface area contributed by atoms with Gasteiger partial charge in [-0.3, -0.25) is 14.6 Å². The highest BCUT2D eigenvalue weighted by Gasteiger charge is 2.39. The summed E-state index contributed by atoms with van der Waals surface area (Å²) in [7, 11) is 2.58. The average Bonchev–Trinajstić information content (AvgIpc) is 4.18. The number of likely N-dealkylation sites (tertiary alicyclic amines) is 2. The molecule has 0 aliphatic carbocycles. The number of imidazole rings is 2. The van der Waals surface area contributed by atoms with Crippen molar-refractivity contribution in [2.75, 3.05) is 27.3 Å². The highest BCUT2D eigenvalue weighted by Crippen LogP contribution is 2.46. The Morgan fingerprint density at radius 1 is 0.738 bits per heavy atom. The number of rotatable bonds is 11. The van der Waals surface area contributed by atoms with Crippen molar-refractivity contribution in [3.05, 3.63) is 96.6 Å². The third kappa shape index (κ3) is 8.15. The minimum absolute atomic E-state index is 0.131. The van der Waals surface area contributed by atoms with E-state index in [1.807, 2.05) is 69.3 Å². The minimum atomic E-state index is -0.724. The molecule has 1 unspecified atom stereocenters. The standard InChI is InChI=1S/C48H54N10O7/c1-26(2)40(54-47(61)63-5)44(59)56-18-8-11-36(56)42-50-24-33(52-42)28-14-16-35-31(20-28)21-38-32-15-13-29(22-39(32)65-46(58(35)38)30-10-7-17-49-23-30)34-25-51-43(53-34)37-12-9-19-57(37)45(60)41(27(3)4)55-48(62)64-6/h7,10,13-17,20-27,36-37,40-41,46H,8-9,11-12,18-19H2,1-6H3,(H,50,52)(H,51,53)(H,54,61)(H,55,62)/t36-,37-,40-,41-,46?/m0/s1. The van der Waals surface area contributed by atoms with Gasteiger partial charge in [-0.15, -0.1) is 0 Å². The van der Waals surface area contributed by atoms with Gasteiger partial charge in [-0.25, -0.2) is 19.6 Å². The Hall–Kier alpha value is -7.17. The van der Waals surface area contributed by atoms with Crippen LogP contribution in [0.5, 0.6) is 5.75 Å². The van der Waals surface area contributed by atoms with Gasteiger partial charge in [-0.05, 0) is 73.9 Å². The van der Waals surface area contributed by atoms with Gasteiger partial charge >= 0.3 is 12.2 Å². The molecule has 4 N–H and O–H groups in total. The quantitative estimate of drug-likeness (QED) is 0.101. The van der Waals surface area contributed by atoms with Crippen LogP contribution in [0.15, 0.2) is 79.4 Å². The van der Waals surface area contributed by atoms with E-state index in [9.17, 15) is 19.2 Å². The number of nitrogens with one attached hydrogen (secondary N) is 4. The number of aromatic nitrogens is 6. The summed E-state index contributed by atoms with van der Waals surface area (Å²) >= 11 is 0. The lowest BCUT2D eigenvalue weighted by Gasteiger charge is -2.30. The van der Waals surface area contributed by atoms with E-state index in [1.54, 1.807) is 17.3 Å². The lowest BCUT2D eigenvalue weighted by Crippen LogP contribution is -2.51. The summed E-state index contributed by atoms with van der Waals surface area (Å²) in [6.07, 6.45) is 8.51. The summed E-state index contributed by atoms with van der Waals surface area (Å²) in [6, 6.07) is 16.5. The highest BCUT2D eigenvalue weighted by atomic mass is 16.5. The Kier molecular flexibility index (Phi) is 11.8. The summed E-state index contributed by atoms with van der Waals surface area (Å²) in [5.74, 6) is 1.49. The number of hydrogen-bond donors (Lipinski definition) is 4. The number of fused-ring (bicyclic) bond motifs is 5. The molecule has 4 amide bonds. The van der Waals surface area contributed by atoms with Crippen LogP contribution < -0.4 is 15.4 Å². The van der Waals surface area contributed by atoms with Gasteiger partial charge in [0.15, 0.2) is 0 Å². The lowest BCUT2D eigenvalue weighted by atomic mass is 10.0. The largest absolute Gasteiger partial charge is 0.465 e. The molecule has 9 rings (SSSR count). The van der Waals surface area contributed by atoms with Crippen LogP contribution in [-0.4, -0.2) is 103 Å². The van der Waals surface area contributed by atoms with Crippen LogP contribution >= 0.6 is 0 Å². The third-order valence-electron chi connectivity index (χ3n) is 12.8. The molecule has 0 radical (unpaired) electrons. The van der Waals surface area contributed by atoms with E-state index < -0.39 is 30.5 Å². The lowest BCUT2D eigenvalue weighted by molar-refractivity contribution is -0.136. The second-order valence-electron chi connectivity index (χ2n) is 17.6. The van der Waals surface area contributed by atoms with Gasteiger partial charge in [0.05, 0.1) is 61.3 Å². The Morgan fingerprint density at radius 2 is 1.31 bits per heavy atom. The van der Waals surface area contributed by atoms with Crippen molar-refractivity contribution < 1.29 is 33.4 Å². The van der Waals surface area contributed by atoms with Crippen LogP contribution in [0.2, 0.25) is 0 Å². The molecule has 17 nitrogen and oxygen atoms in total. The van der Waals surface area contributed by atoms with Crippen molar-refractivity contribution in [2.45, 2.75) is 83.8 Å². The van der Waals surface area contributed by atoms with E-state index in [2.05, 4.69) is 60.5 Å². The number of pyridine rings is 1. The molecule has 0 spiro atoms. The molecule has 2 aromatic carbocycles. The zero-order valence-electron chi connectivity index (χ0n) is 37.3. The zero-order chi connectivity index (χ0) is 45.5. The number of H-pyrrole nitrogens is 2. The van der Waals surface area contributed by atoms with Crippen LogP contribution in [-0.2, 0) is 19.1 Å². The molecule has 0 bridgehead atoms. The first-order valence-electron chi connectivity index (χ1n) is 22.2. The summed E-state index contributed by atoms with van der Waals surface area (Å²) in [5, 5.41) is 6.43. The Labute approximate surface area is 376 Å². The Bertz CT molecular complexity index is 2740. The highest BCUT2D eigenvalue weighted by molar-refractivity contribution is 5.93. The molecule has 65 heavy (non-hydrogen) atoms. The number of hydrogen-bond acceptors (Lipinski definition) is 10. The number of carbonyl (C=O) groups excluding carboxylic acids is 4. The number of aromatic amines is 2. The molecule has 4 aromatic heterocycles. The Balaban J connectivity index is 1.00. The van der Waals surface area contributed by atoms with Gasteiger partial charge in [0.2, 0.25) is 18.0 Å². The van der Waals surface area contributed by atoms with Crippen molar-refractivity contribution in [1.82, 2.24) is 49.9 Å². The number of nitrogens with zero attached hydrogens (tertiary/aromatic N) is 6. The molecule has 5 atom stereocenters. The number of carbonyl (C=O) groups is 4. The maximum Gasteiger partial charge on any atom is 0.407 e. The van der Waals surface area contributed by atoms with E-state index in [4.69, 9.17) is 24.2 Å². The molecule has 3 aliphatic heterocycles. The van der Waals surface area contributed by atoms with Crippen molar-refractivity contribution in [2.24, 2.45) is 11.8 Å². The van der Waals surface area contributed by atoms with Crippen molar-refractivity contribution >= 4 is 34.9 Å². The van der Waals surface area contributed by atoms with Gasteiger partial charge in [0.25, 0.3) is 0 Å². The summed E-state index contributed by atoms with van der Waals surface area (Å²) < 4.78 is 18.7. The number of methoxy groups -OCH3 is 2. The smallest absolute Gasteiger partial charge is 0.407 e. The SMILES string of the molecule is COC(=O)N[C@H](C(=O)N1CCC[C@H]1c1ncc(-c2ccc3c(c2)OC(c2cccnc2)n2c-3cc3cc(-c4cnc([C@@H]5CCCN5C(=O)[C@@H](NC(=O)OC)C(C)C)[nH]4)ccc32)[nH]1)C(C)C. The van der Waals surface area contributed by atoms with E-state index in [0.717, 1.165) is 75.9 Å². The number of ether oxygens (including phenoxy) is 3. The maximum absolute atomic E-state index is 13.8. The fourth-order valence-corrected chi connectivity index (χ4v) is 9.47. The third-order valence-corrected chi connectivity index (χ3v) is 12.8. The number of benzene rings is 2. The first-order valence-corrected chi connectivity index (χ1v) is 22.2. The fourth-order valence-electron chi connectivity index (χ4n) is 9.47. The molecule has 2 fully saturated rings. The second kappa shape index (κ2) is 17.8. The molecule has 17 heteroatoms. The molecule has 0 saturated carbocycles. The first-order chi connectivity index (χ1) is 31.4. The monoisotopic (exact) mass is 882 g/mol. The first kappa shape index (κ1) is 43.1. The summed E-state index contributed by atoms with van der Waals surface area (Å²) in [4.78, 5) is 76.3. The van der Waals surface area contributed by atoms with Crippen LogP contribution in [0.4, 0.5) is 9.59 Å². The average molecular weight is 883 g/mol. The second-order valence-corrected chi connectivity index (χ2v) is 17.6. The van der Waals surface area contributed by atoms with E-state index in [-0.39, 0.29) is 35.7 Å². The Morgan fingerprint density at radius 3 is 1.85 bits per heavy atom. The molecule has 3 aliphatic rings. The van der Waals surface area contributed by atoms with Crippen LogP contribution in [0.3, 0.4) is 0 Å². The normalized spacial score (nSPS) is 18.9. The minimum Gasteiger partial charge on any atom is -0.465 e. The van der Waals surface area contributed by atoms with E-state index >= 15 is 0 Å². The fraction of sp³-hybridized carbons (Fsp3) is 0.396. The number of alkyl carbamates (subject to hydrolysis) is 2. The van der Waals surface area contributed by atoms with Crippen LogP contribution in [0.1, 0.15) is 88.9 Å². The number of amides is 4. The summed E-state index contributed by atoms with van der Waals surface area (Å²) in [6.45, 7) is 8.72. The van der Waals surface area contributed by atoms with E-state index in [1.165, 1.54) is 14.2 Å². The van der Waals surface area contributed by atoms with Gasteiger partial charge in [0, 0.05) is 53.1 Å². The van der Waals surface area contributed by atoms with Crippen molar-refractivity contribution in [1.29, 1.82) is 0 Å². The zero-order valence-corrected chi connectivity index (χ0v) is 37.3. The van der Waals surface area contributed by atoms with Crippen LogP contribution in [0.25, 0.3) is 44.7 Å². The van der Waals surface area contributed by atoms with E-state index in [0.29, 0.717) is 30.5 Å². The molecule has 338 valence electrons.